The largest absolute Gasteiger partial charge is 0.322 e. The van der Waals surface area contributed by atoms with Crippen molar-refractivity contribution in [1.29, 1.82) is 0 Å². The molecule has 3 rings (SSSR count). The molecule has 1 aliphatic rings. The van der Waals surface area contributed by atoms with E-state index in [1.807, 2.05) is 54.3 Å². The minimum absolute atomic E-state index is 0.0296. The topological polar surface area (TPSA) is 35.6 Å². The second kappa shape index (κ2) is 7.69. The zero-order valence-electron chi connectivity index (χ0n) is 13.8. The van der Waals surface area contributed by atoms with E-state index in [-0.39, 0.29) is 6.03 Å². The number of carbonyl (C=O) groups excluding carboxylic acids is 1. The average Bonchev–Trinajstić information content (AvgIpc) is 2.57. The molecule has 5 heteroatoms. The maximum atomic E-state index is 12.4. The zero-order valence-corrected chi connectivity index (χ0v) is 14.6. The van der Waals surface area contributed by atoms with Crippen molar-refractivity contribution in [3.63, 3.8) is 0 Å². The van der Waals surface area contributed by atoms with Crippen LogP contribution >= 0.6 is 11.6 Å². The molecule has 1 N–H and O–H groups in total. The molecule has 2 amide bonds. The molecule has 0 bridgehead atoms. The van der Waals surface area contributed by atoms with Crippen molar-refractivity contribution in [2.45, 2.75) is 13.5 Å². The van der Waals surface area contributed by atoms with Crippen LogP contribution in [-0.4, -0.2) is 42.0 Å². The van der Waals surface area contributed by atoms with Gasteiger partial charge in [0, 0.05) is 43.4 Å². The number of nitrogens with one attached hydrogen (secondary N) is 1. The zero-order chi connectivity index (χ0) is 16.9. The van der Waals surface area contributed by atoms with Crippen LogP contribution in [0.2, 0.25) is 5.02 Å². The van der Waals surface area contributed by atoms with E-state index in [0.717, 1.165) is 54.6 Å². The first-order valence-corrected chi connectivity index (χ1v) is 8.58. The van der Waals surface area contributed by atoms with Gasteiger partial charge in [0.05, 0.1) is 0 Å². The van der Waals surface area contributed by atoms with Gasteiger partial charge >= 0.3 is 6.03 Å². The Morgan fingerprint density at radius 2 is 1.83 bits per heavy atom. The lowest BCUT2D eigenvalue weighted by atomic mass is 10.2. The van der Waals surface area contributed by atoms with Crippen LogP contribution < -0.4 is 5.32 Å². The number of anilines is 1. The van der Waals surface area contributed by atoms with E-state index < -0.39 is 0 Å². The number of piperazine rings is 1. The molecule has 2 aromatic rings. The first-order chi connectivity index (χ1) is 11.6. The summed E-state index contributed by atoms with van der Waals surface area (Å²) in [5.41, 5.74) is 3.12. The first kappa shape index (κ1) is 16.8. The van der Waals surface area contributed by atoms with Gasteiger partial charge < -0.3 is 10.2 Å². The summed E-state index contributed by atoms with van der Waals surface area (Å²) in [5, 5.41) is 3.78. The summed E-state index contributed by atoms with van der Waals surface area (Å²) in [5.74, 6) is 0. The molecule has 1 saturated heterocycles. The summed E-state index contributed by atoms with van der Waals surface area (Å²) < 4.78 is 0. The second-order valence-corrected chi connectivity index (χ2v) is 6.56. The third-order valence-electron chi connectivity index (χ3n) is 4.28. The molecule has 126 valence electrons. The minimum atomic E-state index is -0.0296. The number of nitrogens with zero attached hydrogens (tertiary/aromatic N) is 2. The highest BCUT2D eigenvalue weighted by atomic mass is 35.5. The van der Waals surface area contributed by atoms with Crippen molar-refractivity contribution >= 4 is 23.3 Å². The Kier molecular flexibility index (Phi) is 5.38. The Morgan fingerprint density at radius 1 is 1.08 bits per heavy atom. The summed E-state index contributed by atoms with van der Waals surface area (Å²) in [6, 6.07) is 15.8. The molecule has 1 aliphatic heterocycles. The number of urea groups is 1. The van der Waals surface area contributed by atoms with Crippen molar-refractivity contribution in [3.8, 4) is 0 Å². The van der Waals surface area contributed by atoms with Gasteiger partial charge in [-0.05, 0) is 36.2 Å². The Morgan fingerprint density at radius 3 is 2.54 bits per heavy atom. The highest BCUT2D eigenvalue weighted by Crippen LogP contribution is 2.18. The Labute approximate surface area is 148 Å². The fourth-order valence-electron chi connectivity index (χ4n) is 2.90. The highest BCUT2D eigenvalue weighted by Gasteiger charge is 2.21. The molecule has 1 fully saturated rings. The number of halogens is 1. The second-order valence-electron chi connectivity index (χ2n) is 6.15. The molecule has 0 atom stereocenters. The van der Waals surface area contributed by atoms with E-state index in [1.165, 1.54) is 0 Å². The monoisotopic (exact) mass is 343 g/mol. The fourth-order valence-corrected chi connectivity index (χ4v) is 3.10. The number of amides is 2. The number of carbonyl (C=O) groups is 1. The Bertz CT molecular complexity index is 711. The molecule has 0 aliphatic carbocycles. The Balaban J connectivity index is 1.51. The summed E-state index contributed by atoms with van der Waals surface area (Å²) in [6.07, 6.45) is 0. The van der Waals surface area contributed by atoms with Gasteiger partial charge in [0.25, 0.3) is 0 Å². The van der Waals surface area contributed by atoms with Gasteiger partial charge in [-0.15, -0.1) is 0 Å². The van der Waals surface area contributed by atoms with E-state index in [4.69, 9.17) is 11.6 Å². The van der Waals surface area contributed by atoms with Crippen LogP contribution in [0.4, 0.5) is 10.5 Å². The normalized spacial score (nSPS) is 15.3. The third kappa shape index (κ3) is 4.28. The van der Waals surface area contributed by atoms with E-state index in [0.29, 0.717) is 0 Å². The highest BCUT2D eigenvalue weighted by molar-refractivity contribution is 6.31. The minimum Gasteiger partial charge on any atom is -0.322 e. The van der Waals surface area contributed by atoms with Gasteiger partial charge in [-0.1, -0.05) is 41.9 Å². The molecule has 0 spiro atoms. The van der Waals surface area contributed by atoms with Crippen LogP contribution in [0.5, 0.6) is 0 Å². The molecule has 4 nitrogen and oxygen atoms in total. The maximum absolute atomic E-state index is 12.4. The molecule has 0 radical (unpaired) electrons. The standard InChI is InChI=1S/C19H22ClN3O/c1-15-5-4-7-17(13-15)21-19(24)23-11-9-22(10-12-23)14-16-6-2-3-8-18(16)20/h2-8,13H,9-12,14H2,1H3,(H,21,24). The lowest BCUT2D eigenvalue weighted by Crippen LogP contribution is -2.49. The lowest BCUT2D eigenvalue weighted by molar-refractivity contribution is 0.143. The number of benzene rings is 2. The quantitative estimate of drug-likeness (QED) is 0.914. The van der Waals surface area contributed by atoms with Crippen LogP contribution in [-0.2, 0) is 6.54 Å². The SMILES string of the molecule is Cc1cccc(NC(=O)N2CCN(Cc3ccccc3Cl)CC2)c1. The van der Waals surface area contributed by atoms with E-state index >= 15 is 0 Å². The number of hydrogen-bond acceptors (Lipinski definition) is 2. The van der Waals surface area contributed by atoms with Gasteiger partial charge in [0.2, 0.25) is 0 Å². The molecule has 0 saturated carbocycles. The lowest BCUT2D eigenvalue weighted by Gasteiger charge is -2.34. The summed E-state index contributed by atoms with van der Waals surface area (Å²) in [6.45, 7) is 6.00. The maximum Gasteiger partial charge on any atom is 0.321 e. The Hall–Kier alpha value is -2.04. The molecule has 1 heterocycles. The average molecular weight is 344 g/mol. The van der Waals surface area contributed by atoms with Gasteiger partial charge in [-0.3, -0.25) is 4.90 Å². The smallest absolute Gasteiger partial charge is 0.321 e. The van der Waals surface area contributed by atoms with Crippen molar-refractivity contribution in [1.82, 2.24) is 9.80 Å². The number of rotatable bonds is 3. The van der Waals surface area contributed by atoms with Gasteiger partial charge in [-0.25, -0.2) is 4.79 Å². The summed E-state index contributed by atoms with van der Waals surface area (Å²) in [7, 11) is 0. The number of hydrogen-bond donors (Lipinski definition) is 1. The number of aryl methyl sites for hydroxylation is 1. The van der Waals surface area contributed by atoms with Crippen LogP contribution in [0, 0.1) is 6.92 Å². The predicted molar refractivity (Wildman–Crippen MR) is 98.5 cm³/mol. The van der Waals surface area contributed by atoms with Crippen LogP contribution in [0.1, 0.15) is 11.1 Å². The van der Waals surface area contributed by atoms with Gasteiger partial charge in [-0.2, -0.15) is 0 Å². The van der Waals surface area contributed by atoms with Crippen molar-refractivity contribution in [2.24, 2.45) is 0 Å². The molecule has 0 aromatic heterocycles. The van der Waals surface area contributed by atoms with Crippen LogP contribution in [0.3, 0.4) is 0 Å². The first-order valence-electron chi connectivity index (χ1n) is 8.20. The van der Waals surface area contributed by atoms with Crippen molar-refractivity contribution in [2.75, 3.05) is 31.5 Å². The summed E-state index contributed by atoms with van der Waals surface area (Å²) in [4.78, 5) is 16.6. The summed E-state index contributed by atoms with van der Waals surface area (Å²) >= 11 is 6.22. The fraction of sp³-hybridized carbons (Fsp3) is 0.316. The van der Waals surface area contributed by atoms with E-state index in [1.54, 1.807) is 0 Å². The molecular weight excluding hydrogens is 322 g/mol. The molecule has 0 unspecified atom stereocenters. The van der Waals surface area contributed by atoms with E-state index in [2.05, 4.69) is 16.3 Å². The van der Waals surface area contributed by atoms with E-state index in [9.17, 15) is 4.79 Å². The third-order valence-corrected chi connectivity index (χ3v) is 4.65. The molecule has 2 aromatic carbocycles. The van der Waals surface area contributed by atoms with Crippen molar-refractivity contribution in [3.05, 3.63) is 64.7 Å². The van der Waals surface area contributed by atoms with Crippen LogP contribution in [0.15, 0.2) is 48.5 Å². The predicted octanol–water partition coefficient (Wildman–Crippen LogP) is 4.00. The van der Waals surface area contributed by atoms with Gasteiger partial charge in [0.1, 0.15) is 0 Å². The van der Waals surface area contributed by atoms with Crippen LogP contribution in [0.25, 0.3) is 0 Å². The van der Waals surface area contributed by atoms with Crippen molar-refractivity contribution < 1.29 is 4.79 Å². The molecular formula is C19H22ClN3O. The molecule has 24 heavy (non-hydrogen) atoms. The van der Waals surface area contributed by atoms with Gasteiger partial charge in [0.15, 0.2) is 0 Å².